The third kappa shape index (κ3) is 2.75. The van der Waals surface area contributed by atoms with Gasteiger partial charge in [-0.05, 0) is 0 Å². The van der Waals surface area contributed by atoms with Crippen LogP contribution in [0.25, 0.3) is 0 Å². The van der Waals surface area contributed by atoms with Crippen molar-refractivity contribution in [1.29, 1.82) is 0 Å². The zero-order valence-corrected chi connectivity index (χ0v) is 15.0. The number of ether oxygens (including phenoxy) is 4. The minimum absolute atomic E-state index is 0.440. The van der Waals surface area contributed by atoms with E-state index in [-0.39, 0.29) is 0 Å². The summed E-state index contributed by atoms with van der Waals surface area (Å²) in [5, 5.41) is 0.458. The van der Waals surface area contributed by atoms with Gasteiger partial charge >= 0.3 is 0 Å². The van der Waals surface area contributed by atoms with E-state index in [1.54, 1.807) is 0 Å². The number of aromatic nitrogens is 1. The van der Waals surface area contributed by atoms with Crippen LogP contribution in [-0.4, -0.2) is 69.2 Å². The molecule has 5 heterocycles. The molecule has 6 nitrogen and oxygen atoms in total. The predicted octanol–water partition coefficient (Wildman–Crippen LogP) is 1.63. The Kier molecular flexibility index (Phi) is 3.95. The number of hydrogen-bond donors (Lipinski definition) is 0. The highest BCUT2D eigenvalue weighted by molar-refractivity contribution is 6.29. The third-order valence-corrected chi connectivity index (χ3v) is 5.99. The van der Waals surface area contributed by atoms with Gasteiger partial charge in [-0.25, -0.2) is 4.98 Å². The molecule has 1 aromatic rings. The van der Waals surface area contributed by atoms with E-state index in [1.807, 2.05) is 6.07 Å². The fraction of sp³-hybridized carbons (Fsp3) is 0.722. The fourth-order valence-electron chi connectivity index (χ4n) is 4.45. The van der Waals surface area contributed by atoms with Crippen LogP contribution < -0.4 is 4.74 Å². The molecule has 4 aliphatic heterocycles. The summed E-state index contributed by atoms with van der Waals surface area (Å²) in [6.45, 7) is 7.60. The Balaban J connectivity index is 1.28. The lowest BCUT2D eigenvalue weighted by Crippen LogP contribution is -2.66. The molecule has 1 aromatic heterocycles. The lowest BCUT2D eigenvalue weighted by atomic mass is 9.78. The predicted molar refractivity (Wildman–Crippen MR) is 91.2 cm³/mol. The highest BCUT2D eigenvalue weighted by Crippen LogP contribution is 2.42. The van der Waals surface area contributed by atoms with E-state index in [9.17, 15) is 0 Å². The molecule has 136 valence electrons. The number of rotatable bonds is 4. The largest absolute Gasteiger partial charge is 0.492 e. The Hall–Kier alpha value is -0.920. The smallest absolute Gasteiger partial charge is 0.136 e. The Bertz CT molecular complexity index is 665. The molecule has 1 atom stereocenters. The number of pyridine rings is 1. The minimum Gasteiger partial charge on any atom is -0.492 e. The van der Waals surface area contributed by atoms with Crippen LogP contribution >= 0.6 is 11.6 Å². The molecule has 0 N–H and O–H groups in total. The summed E-state index contributed by atoms with van der Waals surface area (Å²) in [5.74, 6) is 0.854. The average molecular weight is 367 g/mol. The van der Waals surface area contributed by atoms with Gasteiger partial charge in [0.2, 0.25) is 0 Å². The van der Waals surface area contributed by atoms with Crippen molar-refractivity contribution < 1.29 is 18.9 Å². The Morgan fingerprint density at radius 2 is 2.08 bits per heavy atom. The summed E-state index contributed by atoms with van der Waals surface area (Å²) in [7, 11) is 0. The van der Waals surface area contributed by atoms with Gasteiger partial charge in [0.15, 0.2) is 0 Å². The van der Waals surface area contributed by atoms with Gasteiger partial charge in [-0.15, -0.1) is 0 Å². The summed E-state index contributed by atoms with van der Waals surface area (Å²) in [6, 6.07) is 1.84. The summed E-state index contributed by atoms with van der Waals surface area (Å²) in [6.07, 6.45) is 1.63. The van der Waals surface area contributed by atoms with Gasteiger partial charge in [0.1, 0.15) is 23.1 Å². The zero-order chi connectivity index (χ0) is 16.9. The quantitative estimate of drug-likeness (QED) is 0.755. The first-order valence-corrected chi connectivity index (χ1v) is 9.41. The van der Waals surface area contributed by atoms with Gasteiger partial charge in [0.05, 0.1) is 32.1 Å². The summed E-state index contributed by atoms with van der Waals surface area (Å²) < 4.78 is 23.1. The highest BCUT2D eigenvalue weighted by atomic mass is 35.5. The molecule has 0 radical (unpaired) electrons. The molecule has 0 saturated carbocycles. The SMILES string of the molecule is Clc1cc(OCCN2CC3(COC3)C2)c2c(n1)C1(CCOC1)OCC2. The molecular formula is C18H23ClN2O4. The van der Waals surface area contributed by atoms with Crippen molar-refractivity contribution in [2.75, 3.05) is 59.3 Å². The second-order valence-corrected chi connectivity index (χ2v) is 8.10. The first-order valence-electron chi connectivity index (χ1n) is 9.03. The van der Waals surface area contributed by atoms with E-state index >= 15 is 0 Å². The summed E-state index contributed by atoms with van der Waals surface area (Å²) in [4.78, 5) is 7.00. The van der Waals surface area contributed by atoms with Crippen LogP contribution in [0.2, 0.25) is 5.15 Å². The molecule has 0 aliphatic carbocycles. The molecule has 5 rings (SSSR count). The van der Waals surface area contributed by atoms with E-state index in [1.165, 1.54) is 0 Å². The maximum atomic E-state index is 6.28. The molecule has 4 aliphatic rings. The van der Waals surface area contributed by atoms with E-state index in [0.29, 0.717) is 37.0 Å². The molecule has 0 aromatic carbocycles. The van der Waals surface area contributed by atoms with Crippen molar-refractivity contribution in [3.05, 3.63) is 22.5 Å². The molecular weight excluding hydrogens is 344 g/mol. The molecule has 1 unspecified atom stereocenters. The Morgan fingerprint density at radius 1 is 1.20 bits per heavy atom. The maximum Gasteiger partial charge on any atom is 0.136 e. The van der Waals surface area contributed by atoms with Gasteiger partial charge < -0.3 is 18.9 Å². The van der Waals surface area contributed by atoms with Crippen molar-refractivity contribution >= 4 is 11.6 Å². The van der Waals surface area contributed by atoms with Crippen LogP contribution in [0.15, 0.2) is 6.07 Å². The van der Waals surface area contributed by atoms with E-state index < -0.39 is 5.60 Å². The van der Waals surface area contributed by atoms with Crippen molar-refractivity contribution in [3.8, 4) is 5.75 Å². The maximum absolute atomic E-state index is 6.28. The van der Waals surface area contributed by atoms with Crippen molar-refractivity contribution in [2.24, 2.45) is 5.41 Å². The van der Waals surface area contributed by atoms with Gasteiger partial charge in [-0.2, -0.15) is 0 Å². The van der Waals surface area contributed by atoms with Gasteiger partial charge in [-0.3, -0.25) is 4.90 Å². The zero-order valence-electron chi connectivity index (χ0n) is 14.3. The first kappa shape index (κ1) is 16.3. The van der Waals surface area contributed by atoms with Crippen LogP contribution in [-0.2, 0) is 26.2 Å². The highest BCUT2D eigenvalue weighted by Gasteiger charge is 2.48. The first-order chi connectivity index (χ1) is 12.2. The van der Waals surface area contributed by atoms with Crippen LogP contribution in [0.3, 0.4) is 0 Å². The normalized spacial score (nSPS) is 30.1. The number of likely N-dealkylation sites (tertiary alicyclic amines) is 1. The summed E-state index contributed by atoms with van der Waals surface area (Å²) in [5.41, 5.74) is 2.05. The van der Waals surface area contributed by atoms with Crippen LogP contribution in [0.4, 0.5) is 0 Å². The third-order valence-electron chi connectivity index (χ3n) is 5.80. The van der Waals surface area contributed by atoms with Crippen LogP contribution in [0.5, 0.6) is 5.75 Å². The summed E-state index contributed by atoms with van der Waals surface area (Å²) >= 11 is 6.28. The molecule has 3 saturated heterocycles. The van der Waals surface area contributed by atoms with Crippen molar-refractivity contribution in [1.82, 2.24) is 9.88 Å². The standard InChI is InChI=1S/C18H23ClN2O4/c19-15-7-14(24-6-3-21-8-17(9-21)10-23-11-17)13-1-4-25-18(16(13)20-15)2-5-22-12-18/h7H,1-6,8-12H2. The molecule has 2 spiro atoms. The van der Waals surface area contributed by atoms with E-state index in [0.717, 1.165) is 62.7 Å². The second kappa shape index (κ2) is 6.06. The van der Waals surface area contributed by atoms with Gasteiger partial charge in [0, 0.05) is 56.1 Å². The number of halogens is 1. The lowest BCUT2D eigenvalue weighted by Gasteiger charge is -2.55. The lowest BCUT2D eigenvalue weighted by molar-refractivity contribution is -0.189. The molecule has 25 heavy (non-hydrogen) atoms. The number of hydrogen-bond acceptors (Lipinski definition) is 6. The number of fused-ring (bicyclic) bond motifs is 2. The van der Waals surface area contributed by atoms with Crippen LogP contribution in [0, 0.1) is 5.41 Å². The Morgan fingerprint density at radius 3 is 2.80 bits per heavy atom. The Labute approximate surface area is 152 Å². The van der Waals surface area contributed by atoms with Crippen molar-refractivity contribution in [3.63, 3.8) is 0 Å². The topological polar surface area (TPSA) is 53.1 Å². The minimum atomic E-state index is -0.440. The number of nitrogens with zero attached hydrogens (tertiary/aromatic N) is 2. The van der Waals surface area contributed by atoms with E-state index in [2.05, 4.69) is 9.88 Å². The molecule has 0 bridgehead atoms. The van der Waals surface area contributed by atoms with E-state index in [4.69, 9.17) is 30.5 Å². The molecule has 7 heteroatoms. The van der Waals surface area contributed by atoms with Gasteiger partial charge in [-0.1, -0.05) is 11.6 Å². The van der Waals surface area contributed by atoms with Crippen molar-refractivity contribution in [2.45, 2.75) is 18.4 Å². The van der Waals surface area contributed by atoms with Crippen LogP contribution in [0.1, 0.15) is 17.7 Å². The molecule has 0 amide bonds. The van der Waals surface area contributed by atoms with Gasteiger partial charge in [0.25, 0.3) is 0 Å². The molecule has 3 fully saturated rings. The average Bonchev–Trinajstić information content (AvgIpc) is 2.98. The fourth-order valence-corrected chi connectivity index (χ4v) is 4.63. The monoisotopic (exact) mass is 366 g/mol. The second-order valence-electron chi connectivity index (χ2n) is 7.72.